The van der Waals surface area contributed by atoms with Gasteiger partial charge >= 0.3 is 0 Å². The number of carbonyl (C=O) groups is 8. The standard InChI is InChI=1S/C57H101N8O28P/c1-30(2)94(6,83)93-35-9-7-34(8-10-35)52(80)65-37(54(82)60-17-20-86-23-26-89-57-45(63-33(5)71)51(79)48(76)40(29-68)92-57)12-14-42(73)64-36(53(81)59-16-19-85-22-25-88-56-44(62-32(4)70)50(78)47(75)39(28-67)91-56)11-13-41(72)58-15-18-84-21-24-87-55-43(61-31(3)69)49(77)46(74)38(27-66)90-55/h30,34-40,43-51,55-57,66-68,74-79H,7-29H2,1-6H3,(H,58,72)(H,59,81)(H,60,82)(H,61,69)(H,62,70)(H,63,71)(H,64,73)(H,65,80). The molecule has 0 radical (unpaired) electrons. The smallest absolute Gasteiger partial charge is 0.242 e. The first kappa shape index (κ1) is 81.7. The second kappa shape index (κ2) is 42.1. The molecular formula is C57H101N8O28P. The maximum Gasteiger partial charge on any atom is 0.242 e. The van der Waals surface area contributed by atoms with E-state index in [1.54, 1.807) is 20.5 Å². The van der Waals surface area contributed by atoms with Crippen molar-refractivity contribution in [2.24, 2.45) is 5.92 Å². The molecular weight excluding hydrogens is 1280 g/mol. The molecule has 4 aliphatic rings. The highest BCUT2D eigenvalue weighted by atomic mass is 31.2. The van der Waals surface area contributed by atoms with Crippen molar-refractivity contribution in [3.05, 3.63) is 0 Å². The van der Waals surface area contributed by atoms with Crippen molar-refractivity contribution < 1.29 is 136 Å². The summed E-state index contributed by atoms with van der Waals surface area (Å²) in [6.45, 7) is 5.58. The number of hydrogen-bond acceptors (Lipinski definition) is 28. The van der Waals surface area contributed by atoms with Crippen molar-refractivity contribution in [1.82, 2.24) is 42.5 Å². The molecule has 8 amide bonds. The molecule has 18 atom stereocenters. The van der Waals surface area contributed by atoms with Gasteiger partial charge < -0.3 is 136 Å². The number of carbonyl (C=O) groups excluding carboxylic acids is 8. The highest BCUT2D eigenvalue weighted by Crippen LogP contribution is 2.50. The van der Waals surface area contributed by atoms with Crippen LogP contribution >= 0.6 is 7.37 Å². The maximum atomic E-state index is 13.9. The number of aliphatic hydroxyl groups is 9. The van der Waals surface area contributed by atoms with Crippen LogP contribution in [0.4, 0.5) is 0 Å². The minimum absolute atomic E-state index is 0.0216. The van der Waals surface area contributed by atoms with Crippen LogP contribution in [-0.2, 0) is 90.1 Å². The summed E-state index contributed by atoms with van der Waals surface area (Å²) < 4.78 is 69.3. The molecule has 36 nitrogen and oxygen atoms in total. The van der Waals surface area contributed by atoms with Crippen molar-refractivity contribution in [1.29, 1.82) is 0 Å². The lowest BCUT2D eigenvalue weighted by atomic mass is 9.86. The lowest BCUT2D eigenvalue weighted by Crippen LogP contribution is -2.64. The van der Waals surface area contributed by atoms with E-state index in [9.17, 15) is 88.9 Å². The Kier molecular flexibility index (Phi) is 36.6. The number of aliphatic hydroxyl groups excluding tert-OH is 9. The van der Waals surface area contributed by atoms with Gasteiger partial charge in [0.1, 0.15) is 85.1 Å². The van der Waals surface area contributed by atoms with Crippen LogP contribution in [0, 0.1) is 5.92 Å². The Morgan fingerprint density at radius 1 is 0.479 bits per heavy atom. The normalized spacial score (nSPS) is 30.0. The zero-order valence-corrected chi connectivity index (χ0v) is 54.9. The van der Waals surface area contributed by atoms with Gasteiger partial charge in [0.05, 0.1) is 85.4 Å². The maximum absolute atomic E-state index is 13.9. The van der Waals surface area contributed by atoms with Crippen molar-refractivity contribution >= 4 is 54.6 Å². The van der Waals surface area contributed by atoms with Crippen LogP contribution in [-0.4, -0.2) is 315 Å². The van der Waals surface area contributed by atoms with Crippen molar-refractivity contribution in [3.63, 3.8) is 0 Å². The molecule has 37 heteroatoms. The molecule has 3 saturated heterocycles. The van der Waals surface area contributed by atoms with Crippen LogP contribution in [0.2, 0.25) is 0 Å². The zero-order chi connectivity index (χ0) is 69.7. The summed E-state index contributed by atoms with van der Waals surface area (Å²) in [6.07, 6.45) is -16.6. The third-order valence-electron chi connectivity index (χ3n) is 15.9. The van der Waals surface area contributed by atoms with Gasteiger partial charge in [-0.2, -0.15) is 0 Å². The van der Waals surface area contributed by atoms with Crippen LogP contribution in [0.3, 0.4) is 0 Å². The first-order valence-electron chi connectivity index (χ1n) is 31.6. The van der Waals surface area contributed by atoms with E-state index in [1.165, 1.54) is 20.8 Å². The molecule has 3 aliphatic heterocycles. The predicted octanol–water partition coefficient (Wildman–Crippen LogP) is -7.31. The summed E-state index contributed by atoms with van der Waals surface area (Å²) in [6, 6.07) is -6.19. The second-order valence-corrected chi connectivity index (χ2v) is 26.6. The molecule has 3 heterocycles. The fourth-order valence-corrected chi connectivity index (χ4v) is 11.4. The Bertz CT molecular complexity index is 2400. The van der Waals surface area contributed by atoms with Gasteiger partial charge in [-0.15, -0.1) is 0 Å². The van der Waals surface area contributed by atoms with Crippen LogP contribution in [0.1, 0.15) is 86.0 Å². The fourth-order valence-electron chi connectivity index (χ4n) is 10.4. The molecule has 0 aromatic heterocycles. The number of nitrogens with one attached hydrogen (secondary N) is 8. The van der Waals surface area contributed by atoms with Crippen molar-refractivity contribution in [3.8, 4) is 0 Å². The summed E-state index contributed by atoms with van der Waals surface area (Å²) in [5.74, 6) is -5.40. The molecule has 0 aromatic carbocycles. The van der Waals surface area contributed by atoms with E-state index in [2.05, 4.69) is 42.5 Å². The molecule has 17 N–H and O–H groups in total. The van der Waals surface area contributed by atoms with Gasteiger partial charge in [0, 0.05) is 71.5 Å². The minimum atomic E-state index is -2.92. The van der Waals surface area contributed by atoms with Gasteiger partial charge in [-0.1, -0.05) is 13.8 Å². The number of hydrogen-bond donors (Lipinski definition) is 17. The van der Waals surface area contributed by atoms with E-state index in [-0.39, 0.29) is 110 Å². The van der Waals surface area contributed by atoms with Gasteiger partial charge in [0.25, 0.3) is 0 Å². The minimum Gasteiger partial charge on any atom is -0.394 e. The monoisotopic (exact) mass is 1380 g/mol. The van der Waals surface area contributed by atoms with Gasteiger partial charge in [0.2, 0.25) is 54.6 Å². The van der Waals surface area contributed by atoms with Crippen LogP contribution in [0.5, 0.6) is 0 Å². The summed E-state index contributed by atoms with van der Waals surface area (Å²) in [7, 11) is -2.92. The average Bonchev–Trinajstić information content (AvgIpc) is 0.828. The summed E-state index contributed by atoms with van der Waals surface area (Å²) in [5.41, 5.74) is -0.209. The van der Waals surface area contributed by atoms with Gasteiger partial charge in [0.15, 0.2) is 18.9 Å². The first-order chi connectivity index (χ1) is 44.6. The molecule has 18 unspecified atom stereocenters. The van der Waals surface area contributed by atoms with E-state index < -0.39 is 191 Å². The van der Waals surface area contributed by atoms with Gasteiger partial charge in [-0.25, -0.2) is 0 Å². The first-order valence-corrected chi connectivity index (χ1v) is 33.7. The molecule has 94 heavy (non-hydrogen) atoms. The van der Waals surface area contributed by atoms with Crippen LogP contribution in [0.15, 0.2) is 0 Å². The second-order valence-electron chi connectivity index (χ2n) is 23.5. The third-order valence-corrected chi connectivity index (χ3v) is 18.5. The number of amides is 8. The Morgan fingerprint density at radius 2 is 0.830 bits per heavy atom. The lowest BCUT2D eigenvalue weighted by Gasteiger charge is -2.42. The highest BCUT2D eigenvalue weighted by Gasteiger charge is 2.48. The number of ether oxygens (including phenoxy) is 9. The van der Waals surface area contributed by atoms with Gasteiger partial charge in [-0.3, -0.25) is 42.9 Å². The largest absolute Gasteiger partial charge is 0.394 e. The highest BCUT2D eigenvalue weighted by molar-refractivity contribution is 7.58. The SMILES string of the molecule is CC(=O)NC1C(OCCOCCNC(=O)CCC(NC(=O)CCC(NC(=O)C2CCC(OP(C)(=O)C(C)C)CC2)C(=O)NCCOCCOC2OC(CO)C(O)C(O)C2NC(C)=O)C(=O)NCCOCCOC2OC(CO)C(O)C(O)C2NC(C)=O)OC(CO)C(O)C1O. The Balaban J connectivity index is 1.37. The van der Waals surface area contributed by atoms with Crippen LogP contribution < -0.4 is 42.5 Å². The van der Waals surface area contributed by atoms with E-state index in [0.29, 0.717) is 25.7 Å². The molecule has 0 spiro atoms. The molecule has 0 bridgehead atoms. The summed E-state index contributed by atoms with van der Waals surface area (Å²) in [4.78, 5) is 104. The molecule has 4 fully saturated rings. The number of rotatable bonds is 41. The fraction of sp³-hybridized carbons (Fsp3) is 0.860. The molecule has 0 aromatic rings. The van der Waals surface area contributed by atoms with Crippen molar-refractivity contribution in [2.75, 3.05) is 106 Å². The summed E-state index contributed by atoms with van der Waals surface area (Å²) >= 11 is 0. The van der Waals surface area contributed by atoms with Gasteiger partial charge in [-0.05, 0) is 38.5 Å². The molecule has 4 rings (SSSR count). The Morgan fingerprint density at radius 3 is 1.18 bits per heavy atom. The Labute approximate surface area is 545 Å². The average molecular weight is 1380 g/mol. The van der Waals surface area contributed by atoms with E-state index in [4.69, 9.17) is 47.2 Å². The lowest BCUT2D eigenvalue weighted by molar-refractivity contribution is -0.272. The quantitative estimate of drug-likeness (QED) is 0.0200. The van der Waals surface area contributed by atoms with E-state index >= 15 is 0 Å². The van der Waals surface area contributed by atoms with E-state index in [0.717, 1.165) is 0 Å². The van der Waals surface area contributed by atoms with Crippen LogP contribution in [0.25, 0.3) is 0 Å². The van der Waals surface area contributed by atoms with E-state index in [1.807, 2.05) is 0 Å². The summed E-state index contributed by atoms with van der Waals surface area (Å²) in [5, 5.41) is 112. The molecule has 1 saturated carbocycles. The predicted molar refractivity (Wildman–Crippen MR) is 323 cm³/mol. The Hall–Kier alpha value is -4.77. The van der Waals surface area contributed by atoms with Crippen molar-refractivity contribution in [2.45, 2.75) is 202 Å². The third kappa shape index (κ3) is 27.3. The molecule has 1 aliphatic carbocycles. The topological polar surface area (TPSA) is 524 Å². The molecule has 542 valence electrons. The zero-order valence-electron chi connectivity index (χ0n) is 54.0.